The number of hydrogen-bond donors (Lipinski definition) is 1. The molecule has 2 rings (SSSR count). The van der Waals surface area contributed by atoms with Crippen LogP contribution in [-0.2, 0) is 16.6 Å². The van der Waals surface area contributed by atoms with Gasteiger partial charge in [-0.2, -0.15) is 0 Å². The summed E-state index contributed by atoms with van der Waals surface area (Å²) in [5.74, 6) is -0.165. The normalized spacial score (nSPS) is 12.0. The maximum Gasteiger partial charge on any atom is 0.234 e. The van der Waals surface area contributed by atoms with E-state index in [1.54, 1.807) is 16.7 Å². The highest BCUT2D eigenvalue weighted by Gasteiger charge is 2.25. The Labute approximate surface area is 135 Å². The van der Waals surface area contributed by atoms with E-state index in [0.29, 0.717) is 17.0 Å². The van der Waals surface area contributed by atoms with Crippen LogP contribution in [0.1, 0.15) is 25.6 Å². The first-order valence-corrected chi connectivity index (χ1v) is 8.93. The maximum absolute atomic E-state index is 13.1. The van der Waals surface area contributed by atoms with E-state index < -0.39 is 10.0 Å². The minimum absolute atomic E-state index is 0.113. The van der Waals surface area contributed by atoms with E-state index in [2.05, 4.69) is 4.98 Å². The van der Waals surface area contributed by atoms with Crippen LogP contribution in [0.4, 0.5) is 10.3 Å². The molecular weight excluding hydrogens is 321 g/mol. The van der Waals surface area contributed by atoms with Crippen LogP contribution in [0.2, 0.25) is 0 Å². The molecule has 0 amide bonds. The number of hydrogen-bond acceptors (Lipinski definition) is 4. The minimum Gasteiger partial charge on any atom is -0.390 e. The van der Waals surface area contributed by atoms with Crippen LogP contribution in [0.15, 0.2) is 24.3 Å². The molecule has 2 aromatic rings. The van der Waals surface area contributed by atoms with Gasteiger partial charge in [0.1, 0.15) is 5.82 Å². The largest absolute Gasteiger partial charge is 0.390 e. The van der Waals surface area contributed by atoms with Crippen LogP contribution in [0.5, 0.6) is 0 Å². The molecule has 0 bridgehead atoms. The Hall–Kier alpha value is -1.93. The third-order valence-corrected chi connectivity index (χ3v) is 4.71. The summed E-state index contributed by atoms with van der Waals surface area (Å²) in [6.45, 7) is 3.43. The number of aliphatic hydroxyl groups is 1. The van der Waals surface area contributed by atoms with Crippen molar-refractivity contribution < 1.29 is 17.9 Å². The predicted octanol–water partition coefficient (Wildman–Crippen LogP) is 2.16. The van der Waals surface area contributed by atoms with Crippen molar-refractivity contribution in [2.45, 2.75) is 26.5 Å². The lowest BCUT2D eigenvalue weighted by Gasteiger charge is -2.20. The van der Waals surface area contributed by atoms with Gasteiger partial charge in [0.05, 0.1) is 24.3 Å². The Morgan fingerprint density at radius 2 is 1.87 bits per heavy atom. The van der Waals surface area contributed by atoms with E-state index in [4.69, 9.17) is 0 Å². The van der Waals surface area contributed by atoms with Crippen LogP contribution in [0.25, 0.3) is 11.3 Å². The summed E-state index contributed by atoms with van der Waals surface area (Å²) in [5.41, 5.74) is 1.53. The van der Waals surface area contributed by atoms with E-state index in [9.17, 15) is 17.9 Å². The molecule has 0 aliphatic carbocycles. The van der Waals surface area contributed by atoms with Gasteiger partial charge in [0.25, 0.3) is 0 Å². The smallest absolute Gasteiger partial charge is 0.234 e. The summed E-state index contributed by atoms with van der Waals surface area (Å²) in [6, 6.07) is 5.57. The Kier molecular flexibility index (Phi) is 4.76. The fraction of sp³-hybridized carbons (Fsp3) is 0.400. The molecule has 23 heavy (non-hydrogen) atoms. The fourth-order valence-electron chi connectivity index (χ4n) is 2.36. The molecule has 8 heteroatoms. The molecule has 6 nitrogen and oxygen atoms in total. The van der Waals surface area contributed by atoms with E-state index >= 15 is 0 Å². The molecule has 1 aromatic heterocycles. The molecule has 1 N–H and O–H groups in total. The van der Waals surface area contributed by atoms with Gasteiger partial charge in [-0.15, -0.1) is 0 Å². The number of benzene rings is 1. The number of halogens is 1. The molecule has 0 unspecified atom stereocenters. The zero-order valence-corrected chi connectivity index (χ0v) is 14.3. The van der Waals surface area contributed by atoms with E-state index in [-0.39, 0.29) is 24.4 Å². The molecule has 0 aliphatic rings. The lowest BCUT2D eigenvalue weighted by atomic mass is 10.1. The molecule has 0 saturated carbocycles. The summed E-state index contributed by atoms with van der Waals surface area (Å²) in [7, 11) is -2.10. The highest BCUT2D eigenvalue weighted by Crippen LogP contribution is 2.31. The van der Waals surface area contributed by atoms with Crippen molar-refractivity contribution in [1.29, 1.82) is 0 Å². The number of rotatable bonds is 5. The summed E-state index contributed by atoms with van der Waals surface area (Å²) in [4.78, 5) is 4.40. The fourth-order valence-corrected chi connectivity index (χ4v) is 2.78. The maximum atomic E-state index is 13.1. The predicted molar refractivity (Wildman–Crippen MR) is 87.2 cm³/mol. The van der Waals surface area contributed by atoms with E-state index in [0.717, 1.165) is 10.6 Å². The number of aromatic nitrogens is 2. The standard InChI is InChI=1S/C15H20FN3O3S/c1-10(2)19-13(9-20)14(11-5-7-12(16)8-6-11)17-15(19)18(3)23(4,21)22/h5-8,10,20H,9H2,1-4H3. The summed E-state index contributed by atoms with van der Waals surface area (Å²) in [5, 5.41) is 9.76. The van der Waals surface area contributed by atoms with E-state index in [1.165, 1.54) is 19.2 Å². The van der Waals surface area contributed by atoms with Crippen LogP contribution >= 0.6 is 0 Å². The summed E-state index contributed by atoms with van der Waals surface area (Å²) >= 11 is 0. The quantitative estimate of drug-likeness (QED) is 0.904. The first-order valence-electron chi connectivity index (χ1n) is 7.08. The first kappa shape index (κ1) is 17.4. The third kappa shape index (κ3) is 3.37. The van der Waals surface area contributed by atoms with Gasteiger partial charge < -0.3 is 9.67 Å². The van der Waals surface area contributed by atoms with Gasteiger partial charge in [-0.1, -0.05) is 0 Å². The molecule has 0 saturated heterocycles. The lowest BCUT2D eigenvalue weighted by molar-refractivity contribution is 0.269. The van der Waals surface area contributed by atoms with Crippen molar-refractivity contribution in [3.05, 3.63) is 35.8 Å². The Morgan fingerprint density at radius 3 is 2.30 bits per heavy atom. The summed E-state index contributed by atoms with van der Waals surface area (Å²) < 4.78 is 39.6. The van der Waals surface area contributed by atoms with Crippen LogP contribution in [0.3, 0.4) is 0 Å². The zero-order valence-electron chi connectivity index (χ0n) is 13.5. The average Bonchev–Trinajstić information content (AvgIpc) is 2.85. The number of nitrogens with zero attached hydrogens (tertiary/aromatic N) is 3. The number of anilines is 1. The second kappa shape index (κ2) is 6.29. The van der Waals surface area contributed by atoms with Crippen LogP contribution in [0, 0.1) is 5.82 Å². The SMILES string of the molecule is CC(C)n1c(N(C)S(C)(=O)=O)nc(-c2ccc(F)cc2)c1CO. The molecule has 0 atom stereocenters. The summed E-state index contributed by atoms with van der Waals surface area (Å²) in [6.07, 6.45) is 1.09. The van der Waals surface area contributed by atoms with Crippen molar-refractivity contribution in [2.24, 2.45) is 0 Å². The van der Waals surface area contributed by atoms with Crippen LogP contribution in [-0.4, -0.2) is 36.4 Å². The third-order valence-electron chi connectivity index (χ3n) is 3.55. The highest BCUT2D eigenvalue weighted by atomic mass is 32.2. The van der Waals surface area contributed by atoms with Gasteiger partial charge in [0.15, 0.2) is 0 Å². The van der Waals surface area contributed by atoms with Crippen LogP contribution < -0.4 is 4.31 Å². The van der Waals surface area contributed by atoms with Gasteiger partial charge in [-0.05, 0) is 38.1 Å². The Morgan fingerprint density at radius 1 is 1.30 bits per heavy atom. The highest BCUT2D eigenvalue weighted by molar-refractivity contribution is 7.92. The zero-order chi connectivity index (χ0) is 17.4. The number of sulfonamides is 1. The lowest BCUT2D eigenvalue weighted by Crippen LogP contribution is -2.28. The average molecular weight is 341 g/mol. The molecule has 0 spiro atoms. The Bertz CT molecular complexity index is 798. The first-order chi connectivity index (χ1) is 10.7. The number of imidazole rings is 1. The van der Waals surface area contributed by atoms with Gasteiger partial charge in [0, 0.05) is 18.7 Å². The molecular formula is C15H20FN3O3S. The monoisotopic (exact) mass is 341 g/mol. The number of aliphatic hydroxyl groups excluding tert-OH is 1. The second-order valence-corrected chi connectivity index (χ2v) is 7.58. The Balaban J connectivity index is 2.72. The minimum atomic E-state index is -3.50. The molecule has 1 heterocycles. The molecule has 0 radical (unpaired) electrons. The van der Waals surface area contributed by atoms with Crippen molar-refractivity contribution in [3.63, 3.8) is 0 Å². The second-order valence-electron chi connectivity index (χ2n) is 5.57. The van der Waals surface area contributed by atoms with Gasteiger partial charge in [0.2, 0.25) is 16.0 Å². The van der Waals surface area contributed by atoms with Crippen molar-refractivity contribution >= 4 is 16.0 Å². The molecule has 1 aromatic carbocycles. The van der Waals surface area contributed by atoms with Gasteiger partial charge in [-0.3, -0.25) is 0 Å². The topological polar surface area (TPSA) is 75.4 Å². The van der Waals surface area contributed by atoms with E-state index in [1.807, 2.05) is 13.8 Å². The van der Waals surface area contributed by atoms with Crippen molar-refractivity contribution in [1.82, 2.24) is 9.55 Å². The van der Waals surface area contributed by atoms with Crippen molar-refractivity contribution in [2.75, 3.05) is 17.6 Å². The molecule has 0 aliphatic heterocycles. The molecule has 126 valence electrons. The van der Waals surface area contributed by atoms with Gasteiger partial charge in [-0.25, -0.2) is 22.1 Å². The van der Waals surface area contributed by atoms with Gasteiger partial charge >= 0.3 is 0 Å². The molecule has 0 fully saturated rings. The van der Waals surface area contributed by atoms with Crippen molar-refractivity contribution in [3.8, 4) is 11.3 Å².